The molecule has 0 fully saturated rings. The van der Waals surface area contributed by atoms with Gasteiger partial charge in [-0.25, -0.2) is 10.9 Å². The highest BCUT2D eigenvalue weighted by Crippen LogP contribution is 2.09. The van der Waals surface area contributed by atoms with Crippen LogP contribution in [-0.2, 0) is 0 Å². The summed E-state index contributed by atoms with van der Waals surface area (Å²) in [5.74, 6) is -1.21. The van der Waals surface area contributed by atoms with E-state index in [2.05, 4.69) is 21.1 Å². The highest BCUT2D eigenvalue weighted by molar-refractivity contribution is 5.96. The number of hydrogen-bond acceptors (Lipinski definition) is 5. The van der Waals surface area contributed by atoms with Crippen LogP contribution in [0.5, 0.6) is 0 Å². The predicted octanol–water partition coefficient (Wildman–Crippen LogP) is 4.92. The Labute approximate surface area is 192 Å². The number of rotatable bonds is 8. The first-order valence-electron chi connectivity index (χ1n) is 10.2. The van der Waals surface area contributed by atoms with Gasteiger partial charge in [-0.05, 0) is 48.3 Å². The van der Waals surface area contributed by atoms with Crippen LogP contribution in [0.15, 0.2) is 98.6 Å². The van der Waals surface area contributed by atoms with Gasteiger partial charge < -0.3 is 4.42 Å². The number of furan rings is 1. The number of hydrogen-bond donors (Lipinski definition) is 2. The Morgan fingerprint density at radius 2 is 1.06 bits per heavy atom. The van der Waals surface area contributed by atoms with E-state index in [1.807, 2.05) is 86.7 Å². The molecule has 2 amide bonds. The second kappa shape index (κ2) is 11.8. The van der Waals surface area contributed by atoms with Gasteiger partial charge in [0.2, 0.25) is 0 Å². The van der Waals surface area contributed by atoms with E-state index in [9.17, 15) is 9.59 Å². The molecule has 166 valence electrons. The Bertz CT molecular complexity index is 1110. The lowest BCUT2D eigenvalue weighted by atomic mass is 10.1. The summed E-state index contributed by atoms with van der Waals surface area (Å²) in [4.78, 5) is 24.4. The van der Waals surface area contributed by atoms with Crippen LogP contribution < -0.4 is 10.9 Å². The topological polar surface area (TPSA) is 96.1 Å². The lowest BCUT2D eigenvalue weighted by Gasteiger charge is -1.98. The summed E-state index contributed by atoms with van der Waals surface area (Å²) in [7, 11) is 0. The molecule has 3 rings (SSSR count). The van der Waals surface area contributed by atoms with E-state index < -0.39 is 11.8 Å². The molecule has 0 atom stereocenters. The summed E-state index contributed by atoms with van der Waals surface area (Å²) < 4.78 is 5.31. The number of nitrogens with one attached hydrogen (secondary N) is 2. The molecule has 7 nitrogen and oxygen atoms in total. The van der Waals surface area contributed by atoms with E-state index in [0.29, 0.717) is 0 Å². The van der Waals surface area contributed by atoms with Crippen LogP contribution >= 0.6 is 0 Å². The maximum Gasteiger partial charge on any atom is 0.307 e. The molecule has 0 aliphatic carbocycles. The van der Waals surface area contributed by atoms with E-state index in [-0.39, 0.29) is 11.5 Å². The van der Waals surface area contributed by atoms with Gasteiger partial charge in [0.05, 0.1) is 12.4 Å². The van der Waals surface area contributed by atoms with Crippen LogP contribution in [0.3, 0.4) is 0 Å². The number of amides is 2. The van der Waals surface area contributed by atoms with Gasteiger partial charge in [0.25, 0.3) is 0 Å². The largest absolute Gasteiger partial charge is 0.446 e. The molecule has 33 heavy (non-hydrogen) atoms. The fourth-order valence-corrected chi connectivity index (χ4v) is 2.78. The Morgan fingerprint density at radius 1 is 0.667 bits per heavy atom. The van der Waals surface area contributed by atoms with E-state index in [0.717, 1.165) is 22.3 Å². The van der Waals surface area contributed by atoms with Crippen LogP contribution in [-0.4, -0.2) is 24.2 Å². The maximum absolute atomic E-state index is 12.2. The molecule has 0 radical (unpaired) electrons. The quantitative estimate of drug-likeness (QED) is 0.384. The van der Waals surface area contributed by atoms with Gasteiger partial charge in [-0.1, -0.05) is 72.8 Å². The van der Waals surface area contributed by atoms with Gasteiger partial charge >= 0.3 is 11.8 Å². The fraction of sp³-hybridized carbons (Fsp3) is 0.0769. The van der Waals surface area contributed by atoms with Crippen LogP contribution in [0.25, 0.3) is 12.2 Å². The predicted molar refractivity (Wildman–Crippen MR) is 131 cm³/mol. The van der Waals surface area contributed by atoms with Crippen LogP contribution in [0.2, 0.25) is 0 Å². The molecule has 2 aromatic carbocycles. The summed E-state index contributed by atoms with van der Waals surface area (Å²) in [6.07, 6.45) is 6.92. The van der Waals surface area contributed by atoms with Crippen molar-refractivity contribution in [2.75, 3.05) is 0 Å². The second-order valence-corrected chi connectivity index (χ2v) is 7.16. The maximum atomic E-state index is 12.2. The van der Waals surface area contributed by atoms with Crippen LogP contribution in [0.4, 0.5) is 0 Å². The molecule has 1 aromatic heterocycles. The molecule has 1 heterocycles. The lowest BCUT2D eigenvalue weighted by molar-refractivity contribution is 0.0902. The van der Waals surface area contributed by atoms with Crippen molar-refractivity contribution in [3.63, 3.8) is 0 Å². The zero-order valence-corrected chi connectivity index (χ0v) is 18.4. The number of hydrazone groups is 2. The van der Waals surface area contributed by atoms with Crippen molar-refractivity contribution in [3.8, 4) is 0 Å². The minimum atomic E-state index is -0.567. The highest BCUT2D eigenvalue weighted by Gasteiger charge is 2.15. The monoisotopic (exact) mass is 440 g/mol. The van der Waals surface area contributed by atoms with Crippen molar-refractivity contribution < 1.29 is 14.0 Å². The molecule has 0 unspecified atom stereocenters. The van der Waals surface area contributed by atoms with Gasteiger partial charge in [0.1, 0.15) is 0 Å². The van der Waals surface area contributed by atoms with Gasteiger partial charge in [-0.15, -0.1) is 0 Å². The smallest absolute Gasteiger partial charge is 0.307 e. The zero-order valence-electron chi connectivity index (χ0n) is 18.4. The number of carbonyl (C=O) groups is 2. The average molecular weight is 441 g/mol. The minimum absolute atomic E-state index is 0.0360. The van der Waals surface area contributed by atoms with Gasteiger partial charge in [-0.3, -0.25) is 9.59 Å². The Morgan fingerprint density at radius 3 is 1.45 bits per heavy atom. The van der Waals surface area contributed by atoms with E-state index in [1.54, 1.807) is 0 Å². The average Bonchev–Trinajstić information content (AvgIpc) is 3.31. The molecule has 0 bridgehead atoms. The molecule has 0 aliphatic heterocycles. The van der Waals surface area contributed by atoms with Gasteiger partial charge in [0.15, 0.2) is 11.5 Å². The normalized spacial score (nSPS) is 12.3. The molecule has 0 saturated heterocycles. The third-order valence-electron chi connectivity index (χ3n) is 4.31. The molecular weight excluding hydrogens is 416 g/mol. The Hall–Kier alpha value is -4.52. The standard InChI is InChI=1S/C26H24N4O3/c1-19(15-21-9-5-3-6-10-21)17-27-29-25(31)23-13-14-24(33-23)26(32)30-28-18-20(2)16-22-11-7-4-8-12-22/h3-18H,1-2H3,(H,29,31)(H,30,32)/b19-15-,20-16-,27-17?,28-18?. The zero-order chi connectivity index (χ0) is 23.5. The molecule has 2 N–H and O–H groups in total. The van der Waals surface area contributed by atoms with Crippen molar-refractivity contribution >= 4 is 36.4 Å². The van der Waals surface area contributed by atoms with E-state index >= 15 is 0 Å². The van der Waals surface area contributed by atoms with Crippen molar-refractivity contribution in [1.29, 1.82) is 0 Å². The Balaban J connectivity index is 1.51. The Kier molecular flexibility index (Phi) is 8.25. The molecule has 0 saturated carbocycles. The van der Waals surface area contributed by atoms with Crippen LogP contribution in [0, 0.1) is 0 Å². The first-order valence-corrected chi connectivity index (χ1v) is 10.2. The molecule has 3 aromatic rings. The molecular formula is C26H24N4O3. The third kappa shape index (κ3) is 7.59. The van der Waals surface area contributed by atoms with Gasteiger partial charge in [-0.2, -0.15) is 10.2 Å². The SMILES string of the molecule is C/C(C=NNC(=O)c1ccc(C(=O)NN=C/C(C)=C\c2ccccc2)o1)=C/c1ccccc1. The molecule has 7 heteroatoms. The van der Waals surface area contributed by atoms with Crippen LogP contribution in [0.1, 0.15) is 46.1 Å². The van der Waals surface area contributed by atoms with Gasteiger partial charge in [0, 0.05) is 0 Å². The van der Waals surface area contributed by atoms with Crippen molar-refractivity contribution in [2.24, 2.45) is 10.2 Å². The number of carbonyl (C=O) groups excluding carboxylic acids is 2. The molecule has 0 aliphatic rings. The first-order chi connectivity index (χ1) is 16.0. The summed E-state index contributed by atoms with van der Waals surface area (Å²) in [6.45, 7) is 3.74. The minimum Gasteiger partial charge on any atom is -0.446 e. The van der Waals surface area contributed by atoms with E-state index in [4.69, 9.17) is 4.42 Å². The summed E-state index contributed by atoms with van der Waals surface area (Å²) >= 11 is 0. The van der Waals surface area contributed by atoms with E-state index in [1.165, 1.54) is 24.6 Å². The molecule has 0 spiro atoms. The number of nitrogens with zero attached hydrogens (tertiary/aromatic N) is 2. The fourth-order valence-electron chi connectivity index (χ4n) is 2.78. The summed E-state index contributed by atoms with van der Waals surface area (Å²) in [5, 5.41) is 7.84. The lowest BCUT2D eigenvalue weighted by Crippen LogP contribution is -2.18. The van der Waals surface area contributed by atoms with Crippen molar-refractivity contribution in [3.05, 3.63) is 107 Å². The second-order valence-electron chi connectivity index (χ2n) is 7.16. The third-order valence-corrected chi connectivity index (χ3v) is 4.31. The van der Waals surface area contributed by atoms with Crippen molar-refractivity contribution in [1.82, 2.24) is 10.9 Å². The first kappa shape index (κ1) is 23.1. The summed E-state index contributed by atoms with van der Waals surface area (Å²) in [6, 6.07) is 22.3. The van der Waals surface area contributed by atoms with Crippen molar-refractivity contribution in [2.45, 2.75) is 13.8 Å². The highest BCUT2D eigenvalue weighted by atomic mass is 16.4. The number of allylic oxidation sites excluding steroid dienone is 2. The summed E-state index contributed by atoms with van der Waals surface area (Å²) in [5.41, 5.74) is 8.53. The number of benzene rings is 2.